The Hall–Kier alpha value is -2.28. The Bertz CT molecular complexity index is 563. The van der Waals surface area contributed by atoms with Crippen LogP contribution in [0, 0.1) is 18.3 Å². The quantitative estimate of drug-likeness (QED) is 0.873. The highest BCUT2D eigenvalue weighted by Gasteiger charge is 2.01. The van der Waals surface area contributed by atoms with E-state index in [1.54, 1.807) is 10.9 Å². The number of rotatable bonds is 3. The van der Waals surface area contributed by atoms with Crippen molar-refractivity contribution in [2.24, 2.45) is 7.05 Å². The van der Waals surface area contributed by atoms with Crippen molar-refractivity contribution in [1.29, 1.82) is 5.26 Å². The van der Waals surface area contributed by atoms with Crippen molar-refractivity contribution in [1.82, 2.24) is 9.78 Å². The van der Waals surface area contributed by atoms with Crippen LogP contribution in [0.3, 0.4) is 0 Å². The average molecular weight is 226 g/mol. The first kappa shape index (κ1) is 11.2. The van der Waals surface area contributed by atoms with Crippen LogP contribution in [0.2, 0.25) is 0 Å². The van der Waals surface area contributed by atoms with Gasteiger partial charge in [0.2, 0.25) is 0 Å². The maximum atomic E-state index is 8.79. The van der Waals surface area contributed by atoms with Crippen LogP contribution in [0.25, 0.3) is 0 Å². The van der Waals surface area contributed by atoms with Gasteiger partial charge in [0.25, 0.3) is 0 Å². The van der Waals surface area contributed by atoms with Gasteiger partial charge in [-0.15, -0.1) is 0 Å². The lowest BCUT2D eigenvalue weighted by molar-refractivity contribution is 0.768. The predicted molar refractivity (Wildman–Crippen MR) is 66.4 cm³/mol. The van der Waals surface area contributed by atoms with Gasteiger partial charge < -0.3 is 5.32 Å². The molecule has 1 heterocycles. The van der Waals surface area contributed by atoms with E-state index >= 15 is 0 Å². The van der Waals surface area contributed by atoms with Crippen LogP contribution in [-0.4, -0.2) is 9.78 Å². The Morgan fingerprint density at radius 3 is 2.88 bits per heavy atom. The standard InChI is InChI=1S/C13H14N4/c1-10-5-11(6-14)3-4-12(10)7-15-13-8-16-17(2)9-13/h3-5,8-9,15H,7H2,1-2H3. The van der Waals surface area contributed by atoms with E-state index in [4.69, 9.17) is 5.26 Å². The molecule has 0 unspecified atom stereocenters. The molecule has 0 saturated carbocycles. The van der Waals surface area contributed by atoms with Crippen molar-refractivity contribution < 1.29 is 0 Å². The van der Waals surface area contributed by atoms with E-state index in [-0.39, 0.29) is 0 Å². The summed E-state index contributed by atoms with van der Waals surface area (Å²) in [4.78, 5) is 0. The predicted octanol–water partition coefficient (Wildman–Crippen LogP) is 2.21. The molecular weight excluding hydrogens is 212 g/mol. The summed E-state index contributed by atoms with van der Waals surface area (Å²) in [6, 6.07) is 7.87. The second-order valence-corrected chi connectivity index (χ2v) is 4.01. The molecule has 1 aromatic heterocycles. The summed E-state index contributed by atoms with van der Waals surface area (Å²) in [7, 11) is 1.89. The summed E-state index contributed by atoms with van der Waals surface area (Å²) in [6.07, 6.45) is 3.72. The van der Waals surface area contributed by atoms with Crippen LogP contribution >= 0.6 is 0 Å². The number of anilines is 1. The number of aryl methyl sites for hydroxylation is 2. The zero-order chi connectivity index (χ0) is 12.3. The Morgan fingerprint density at radius 1 is 1.47 bits per heavy atom. The largest absolute Gasteiger partial charge is 0.378 e. The number of nitrogens with zero attached hydrogens (tertiary/aromatic N) is 3. The van der Waals surface area contributed by atoms with E-state index in [0.29, 0.717) is 5.56 Å². The molecular formula is C13H14N4. The van der Waals surface area contributed by atoms with Gasteiger partial charge in [0.1, 0.15) is 0 Å². The van der Waals surface area contributed by atoms with Crippen LogP contribution in [-0.2, 0) is 13.6 Å². The van der Waals surface area contributed by atoms with Gasteiger partial charge >= 0.3 is 0 Å². The molecule has 86 valence electrons. The summed E-state index contributed by atoms with van der Waals surface area (Å²) >= 11 is 0. The molecule has 0 spiro atoms. The average Bonchev–Trinajstić information content (AvgIpc) is 2.73. The number of benzene rings is 1. The van der Waals surface area contributed by atoms with Gasteiger partial charge in [-0.1, -0.05) is 6.07 Å². The summed E-state index contributed by atoms with van der Waals surface area (Å²) in [5.41, 5.74) is 4.01. The number of nitrogens with one attached hydrogen (secondary N) is 1. The zero-order valence-corrected chi connectivity index (χ0v) is 9.94. The molecule has 4 nitrogen and oxygen atoms in total. The third-order valence-corrected chi connectivity index (χ3v) is 2.66. The molecule has 0 radical (unpaired) electrons. The van der Waals surface area contributed by atoms with Gasteiger partial charge in [0, 0.05) is 19.8 Å². The highest BCUT2D eigenvalue weighted by Crippen LogP contribution is 2.13. The number of nitriles is 1. The van der Waals surface area contributed by atoms with Gasteiger partial charge in [0.15, 0.2) is 0 Å². The lowest BCUT2D eigenvalue weighted by Gasteiger charge is -2.07. The molecule has 0 atom stereocenters. The number of aromatic nitrogens is 2. The SMILES string of the molecule is Cc1cc(C#N)ccc1CNc1cnn(C)c1. The van der Waals surface area contributed by atoms with Crippen LogP contribution in [0.1, 0.15) is 16.7 Å². The molecule has 1 N–H and O–H groups in total. The van der Waals surface area contributed by atoms with Crippen molar-refractivity contribution in [2.75, 3.05) is 5.32 Å². The first-order valence-electron chi connectivity index (χ1n) is 5.41. The van der Waals surface area contributed by atoms with E-state index in [2.05, 4.69) is 16.5 Å². The molecule has 0 aliphatic carbocycles. The highest BCUT2D eigenvalue weighted by atomic mass is 15.3. The molecule has 0 bridgehead atoms. The van der Waals surface area contributed by atoms with Crippen molar-refractivity contribution in [3.05, 3.63) is 47.3 Å². The fourth-order valence-electron chi connectivity index (χ4n) is 1.67. The van der Waals surface area contributed by atoms with E-state index < -0.39 is 0 Å². The lowest BCUT2D eigenvalue weighted by atomic mass is 10.1. The minimum absolute atomic E-state index is 0.702. The molecule has 0 aliphatic heterocycles. The smallest absolute Gasteiger partial charge is 0.0991 e. The fraction of sp³-hybridized carbons (Fsp3) is 0.231. The summed E-state index contributed by atoms with van der Waals surface area (Å²) in [6.45, 7) is 2.75. The van der Waals surface area contributed by atoms with Crippen molar-refractivity contribution in [3.8, 4) is 6.07 Å². The Morgan fingerprint density at radius 2 is 2.29 bits per heavy atom. The Kier molecular flexibility index (Phi) is 3.10. The van der Waals surface area contributed by atoms with Crippen LogP contribution in [0.4, 0.5) is 5.69 Å². The molecule has 0 amide bonds. The van der Waals surface area contributed by atoms with Crippen molar-refractivity contribution >= 4 is 5.69 Å². The summed E-state index contributed by atoms with van der Waals surface area (Å²) in [5.74, 6) is 0. The number of hydrogen-bond donors (Lipinski definition) is 1. The van der Waals surface area contributed by atoms with Crippen LogP contribution in [0.5, 0.6) is 0 Å². The molecule has 2 rings (SSSR count). The first-order chi connectivity index (χ1) is 8.19. The van der Waals surface area contributed by atoms with E-state index in [9.17, 15) is 0 Å². The Balaban J connectivity index is 2.07. The third-order valence-electron chi connectivity index (χ3n) is 2.66. The maximum Gasteiger partial charge on any atom is 0.0991 e. The zero-order valence-electron chi connectivity index (χ0n) is 9.94. The molecule has 17 heavy (non-hydrogen) atoms. The molecule has 0 fully saturated rings. The van der Waals surface area contributed by atoms with Crippen molar-refractivity contribution in [2.45, 2.75) is 13.5 Å². The second kappa shape index (κ2) is 4.71. The third kappa shape index (κ3) is 2.64. The second-order valence-electron chi connectivity index (χ2n) is 4.01. The van der Waals surface area contributed by atoms with Crippen LogP contribution < -0.4 is 5.32 Å². The molecule has 1 aromatic carbocycles. The maximum absolute atomic E-state index is 8.79. The monoisotopic (exact) mass is 226 g/mol. The first-order valence-corrected chi connectivity index (χ1v) is 5.41. The summed E-state index contributed by atoms with van der Waals surface area (Å²) < 4.78 is 1.76. The van der Waals surface area contributed by atoms with Gasteiger partial charge in [-0.05, 0) is 30.2 Å². The van der Waals surface area contributed by atoms with Gasteiger partial charge in [-0.25, -0.2) is 0 Å². The highest BCUT2D eigenvalue weighted by molar-refractivity contribution is 5.42. The van der Waals surface area contributed by atoms with Crippen LogP contribution in [0.15, 0.2) is 30.6 Å². The molecule has 0 aliphatic rings. The summed E-state index contributed by atoms with van der Waals surface area (Å²) in [5, 5.41) is 16.2. The lowest BCUT2D eigenvalue weighted by Crippen LogP contribution is -2.00. The Labute approximate surface area is 100 Å². The van der Waals surface area contributed by atoms with E-state index in [0.717, 1.165) is 17.8 Å². The van der Waals surface area contributed by atoms with Gasteiger partial charge in [-0.3, -0.25) is 4.68 Å². The topological polar surface area (TPSA) is 53.6 Å². The van der Waals surface area contributed by atoms with E-state index in [1.165, 1.54) is 5.56 Å². The van der Waals surface area contributed by atoms with Gasteiger partial charge in [-0.2, -0.15) is 10.4 Å². The fourth-order valence-corrected chi connectivity index (χ4v) is 1.67. The van der Waals surface area contributed by atoms with Gasteiger partial charge in [0.05, 0.1) is 23.5 Å². The molecule has 4 heteroatoms. The minimum Gasteiger partial charge on any atom is -0.378 e. The molecule has 2 aromatic rings. The van der Waals surface area contributed by atoms with E-state index in [1.807, 2.05) is 38.4 Å². The normalized spacial score (nSPS) is 9.94. The molecule has 0 saturated heterocycles. The minimum atomic E-state index is 0.702. The van der Waals surface area contributed by atoms with Crippen molar-refractivity contribution in [3.63, 3.8) is 0 Å². The number of hydrogen-bond acceptors (Lipinski definition) is 3.